The van der Waals surface area contributed by atoms with Gasteiger partial charge in [0.2, 0.25) is 0 Å². The fraction of sp³-hybridized carbons (Fsp3) is 0.212. The van der Waals surface area contributed by atoms with Crippen molar-refractivity contribution in [3.8, 4) is 33.8 Å². The largest absolute Gasteiger partial charge is 0.358 e. The summed E-state index contributed by atoms with van der Waals surface area (Å²) in [6.45, 7) is 11.2. The van der Waals surface area contributed by atoms with E-state index < -0.39 is 0 Å². The predicted molar refractivity (Wildman–Crippen MR) is 165 cm³/mol. The molecule has 8 nitrogen and oxygen atoms in total. The summed E-state index contributed by atoms with van der Waals surface area (Å²) >= 11 is 0. The molecule has 1 aliphatic heterocycles. The molecule has 210 valence electrons. The Morgan fingerprint density at radius 2 is 1.83 bits per heavy atom. The van der Waals surface area contributed by atoms with Gasteiger partial charge in [-0.05, 0) is 78.5 Å². The number of aromatic nitrogens is 6. The third kappa shape index (κ3) is 4.92. The van der Waals surface area contributed by atoms with Gasteiger partial charge in [0.25, 0.3) is 0 Å². The van der Waals surface area contributed by atoms with Crippen LogP contribution in [0, 0.1) is 11.7 Å². The summed E-state index contributed by atoms with van der Waals surface area (Å²) in [6.07, 6.45) is 8.33. The first-order chi connectivity index (χ1) is 20.4. The van der Waals surface area contributed by atoms with Crippen LogP contribution in [0.5, 0.6) is 0 Å². The van der Waals surface area contributed by atoms with Gasteiger partial charge in [0.05, 0.1) is 34.6 Å². The van der Waals surface area contributed by atoms with E-state index in [-0.39, 0.29) is 5.82 Å². The predicted octanol–water partition coefficient (Wildman–Crippen LogP) is 7.16. The summed E-state index contributed by atoms with van der Waals surface area (Å²) < 4.78 is 14.7. The fourth-order valence-electron chi connectivity index (χ4n) is 5.32. The molecule has 9 heteroatoms. The molecule has 3 N–H and O–H groups in total. The molecule has 0 radical (unpaired) electrons. The number of nitrogens with one attached hydrogen (secondary N) is 3. The molecule has 42 heavy (non-hydrogen) atoms. The van der Waals surface area contributed by atoms with E-state index in [0.29, 0.717) is 17.4 Å². The standard InChI is InChI=1S/C33H31FN8/c1-19(2)20(3)37-26-12-24(14-35-15-26)22-5-6-29-27(13-22)32(41-40-29)33-38-30-17-36-16-28(31(30)39-33)23-9-21(10-25(34)11-23)18-42-7-4-8-42/h5-6,9-17,19,37H,3-4,7-8,18H2,1-2H3,(H,38,39)(H,40,41). The zero-order valence-corrected chi connectivity index (χ0v) is 23.6. The van der Waals surface area contributed by atoms with Gasteiger partial charge >= 0.3 is 0 Å². The quantitative estimate of drug-likeness (QED) is 0.183. The van der Waals surface area contributed by atoms with E-state index in [1.165, 1.54) is 6.42 Å². The lowest BCUT2D eigenvalue weighted by Gasteiger charge is -2.30. The number of hydrogen-bond donors (Lipinski definition) is 3. The van der Waals surface area contributed by atoms with E-state index in [0.717, 1.165) is 80.8 Å². The lowest BCUT2D eigenvalue weighted by molar-refractivity contribution is 0.172. The number of hydrogen-bond acceptors (Lipinski definition) is 6. The Balaban J connectivity index is 1.25. The first-order valence-electron chi connectivity index (χ1n) is 14.2. The van der Waals surface area contributed by atoms with Crippen molar-refractivity contribution < 1.29 is 4.39 Å². The number of fused-ring (bicyclic) bond motifs is 2. The molecule has 1 saturated heterocycles. The number of halogens is 1. The average Bonchev–Trinajstić information content (AvgIpc) is 3.58. The Labute approximate surface area is 242 Å². The summed E-state index contributed by atoms with van der Waals surface area (Å²) in [7, 11) is 0. The molecule has 1 fully saturated rings. The number of aromatic amines is 2. The molecule has 1 aliphatic rings. The van der Waals surface area contributed by atoms with Crippen LogP contribution in [0.25, 0.3) is 55.7 Å². The molecule has 0 bridgehead atoms. The number of allylic oxidation sites excluding steroid dienone is 1. The number of H-pyrrole nitrogens is 2. The Morgan fingerprint density at radius 3 is 2.64 bits per heavy atom. The average molecular weight is 559 g/mol. The first-order valence-corrected chi connectivity index (χ1v) is 14.2. The third-order valence-corrected chi connectivity index (χ3v) is 7.88. The smallest absolute Gasteiger partial charge is 0.159 e. The fourth-order valence-corrected chi connectivity index (χ4v) is 5.32. The van der Waals surface area contributed by atoms with E-state index in [9.17, 15) is 4.39 Å². The summed E-state index contributed by atoms with van der Waals surface area (Å²) in [5.74, 6) is 0.664. The second-order valence-electron chi connectivity index (χ2n) is 11.2. The van der Waals surface area contributed by atoms with Crippen LogP contribution in [0.3, 0.4) is 0 Å². The van der Waals surface area contributed by atoms with Crippen molar-refractivity contribution in [3.05, 3.63) is 90.9 Å². The van der Waals surface area contributed by atoms with Crippen molar-refractivity contribution in [1.82, 2.24) is 35.0 Å². The van der Waals surface area contributed by atoms with Gasteiger partial charge in [-0.3, -0.25) is 20.0 Å². The number of pyridine rings is 2. The molecule has 2 aromatic carbocycles. The number of nitrogens with zero attached hydrogens (tertiary/aromatic N) is 5. The number of anilines is 1. The van der Waals surface area contributed by atoms with Gasteiger partial charge in [-0.1, -0.05) is 26.5 Å². The van der Waals surface area contributed by atoms with Crippen LogP contribution in [-0.4, -0.2) is 48.1 Å². The van der Waals surface area contributed by atoms with E-state index in [2.05, 4.69) is 67.9 Å². The van der Waals surface area contributed by atoms with E-state index in [4.69, 9.17) is 4.98 Å². The maximum absolute atomic E-state index is 14.7. The highest BCUT2D eigenvalue weighted by molar-refractivity contribution is 5.98. The van der Waals surface area contributed by atoms with Crippen molar-refractivity contribution in [2.75, 3.05) is 18.4 Å². The van der Waals surface area contributed by atoms with Crippen LogP contribution in [0.2, 0.25) is 0 Å². The van der Waals surface area contributed by atoms with Crippen LogP contribution in [0.15, 0.2) is 79.5 Å². The lowest BCUT2D eigenvalue weighted by Crippen LogP contribution is -2.36. The summed E-state index contributed by atoms with van der Waals surface area (Å²) in [6, 6.07) is 13.4. The monoisotopic (exact) mass is 558 g/mol. The molecule has 5 heterocycles. The lowest BCUT2D eigenvalue weighted by atomic mass is 10.0. The third-order valence-electron chi connectivity index (χ3n) is 7.88. The van der Waals surface area contributed by atoms with Gasteiger partial charge < -0.3 is 10.3 Å². The van der Waals surface area contributed by atoms with Gasteiger partial charge in [0, 0.05) is 41.1 Å². The van der Waals surface area contributed by atoms with Crippen molar-refractivity contribution in [3.63, 3.8) is 0 Å². The zero-order chi connectivity index (χ0) is 28.8. The molecule has 0 saturated carbocycles. The number of rotatable bonds is 8. The van der Waals surface area contributed by atoms with Crippen LogP contribution >= 0.6 is 0 Å². The van der Waals surface area contributed by atoms with Crippen molar-refractivity contribution in [2.45, 2.75) is 26.8 Å². The minimum absolute atomic E-state index is 0.260. The van der Waals surface area contributed by atoms with Crippen LogP contribution in [0.1, 0.15) is 25.8 Å². The molecular formula is C33H31FN8. The van der Waals surface area contributed by atoms with Crippen LogP contribution in [0.4, 0.5) is 10.1 Å². The highest BCUT2D eigenvalue weighted by atomic mass is 19.1. The second kappa shape index (κ2) is 10.5. The van der Waals surface area contributed by atoms with Gasteiger partial charge in [-0.2, -0.15) is 5.10 Å². The maximum atomic E-state index is 14.7. The van der Waals surface area contributed by atoms with Crippen LogP contribution in [-0.2, 0) is 6.54 Å². The van der Waals surface area contributed by atoms with Crippen molar-refractivity contribution in [1.29, 1.82) is 0 Å². The molecule has 4 aromatic heterocycles. The highest BCUT2D eigenvalue weighted by Crippen LogP contribution is 2.34. The topological polar surface area (TPSA) is 98.4 Å². The Morgan fingerprint density at radius 1 is 0.976 bits per heavy atom. The van der Waals surface area contributed by atoms with Gasteiger partial charge in [-0.15, -0.1) is 0 Å². The Bertz CT molecular complexity index is 1950. The zero-order valence-electron chi connectivity index (χ0n) is 23.6. The van der Waals surface area contributed by atoms with Gasteiger partial charge in [0.1, 0.15) is 11.5 Å². The van der Waals surface area contributed by atoms with E-state index >= 15 is 0 Å². The SMILES string of the molecule is C=C(Nc1cncc(-c2ccc3[nH]nc(-c4nc5c(-c6cc(F)cc(CN7CCC7)c6)cncc5[nH]4)c3c2)c1)C(C)C. The molecule has 0 spiro atoms. The molecule has 0 atom stereocenters. The van der Waals surface area contributed by atoms with E-state index in [1.54, 1.807) is 30.7 Å². The summed E-state index contributed by atoms with van der Waals surface area (Å²) in [4.78, 5) is 19.5. The molecule has 0 unspecified atom stereocenters. The van der Waals surface area contributed by atoms with E-state index in [1.807, 2.05) is 24.4 Å². The van der Waals surface area contributed by atoms with Crippen molar-refractivity contribution in [2.24, 2.45) is 5.92 Å². The molecule has 7 rings (SSSR count). The maximum Gasteiger partial charge on any atom is 0.159 e. The number of imidazole rings is 1. The highest BCUT2D eigenvalue weighted by Gasteiger charge is 2.18. The van der Waals surface area contributed by atoms with Crippen molar-refractivity contribution >= 4 is 27.6 Å². The number of likely N-dealkylation sites (tertiary alicyclic amines) is 1. The minimum Gasteiger partial charge on any atom is -0.358 e. The van der Waals surface area contributed by atoms with Crippen LogP contribution < -0.4 is 5.32 Å². The molecule has 0 aliphatic carbocycles. The second-order valence-corrected chi connectivity index (χ2v) is 11.2. The van der Waals surface area contributed by atoms with Gasteiger partial charge in [-0.25, -0.2) is 9.37 Å². The minimum atomic E-state index is -0.260. The Kier molecular flexibility index (Phi) is 6.51. The molecule has 6 aromatic rings. The summed E-state index contributed by atoms with van der Waals surface area (Å²) in [5.41, 5.74) is 9.36. The first kappa shape index (κ1) is 26.0. The number of benzene rings is 2. The molecular weight excluding hydrogens is 527 g/mol. The normalized spacial score (nSPS) is 13.6. The molecule has 0 amide bonds. The Hall–Kier alpha value is -4.89. The van der Waals surface area contributed by atoms with Gasteiger partial charge in [0.15, 0.2) is 5.82 Å². The summed E-state index contributed by atoms with van der Waals surface area (Å²) in [5, 5.41) is 12.0.